The maximum absolute atomic E-state index is 9.02. The fraction of sp³-hybridized carbons (Fsp3) is 0.0656. The van der Waals surface area contributed by atoms with Gasteiger partial charge in [0.05, 0.1) is 0 Å². The van der Waals surface area contributed by atoms with Crippen molar-refractivity contribution >= 4 is 119 Å². The molecule has 15 rings (SSSR count). The number of benzene rings is 8. The van der Waals surface area contributed by atoms with Gasteiger partial charge in [-0.1, -0.05) is 0 Å². The van der Waals surface area contributed by atoms with E-state index in [1.807, 2.05) is 206 Å². The topological polar surface area (TPSA) is 45.3 Å². The number of para-hydroxylation sites is 8. The SMILES string of the molecule is [2H]C([2H])([2H])N1[C]2=[Pt]=[C]3N(c4cccc(c4)N(c4ccc(N5c6cccc(c6)N6[C](=[Pt]=[C]7N(c8cccc5c8)c5ccccc5N7C([2H])([2H])[2H])N(C([2H])([2H])[2H])c5ccccc56)nc4)c4cccc(c4)N2c2ccccc21)c1ccccc1N3C([2H])([2H])[2H]. The van der Waals surface area contributed by atoms with Gasteiger partial charge in [-0.2, -0.15) is 0 Å². The van der Waals surface area contributed by atoms with E-state index in [4.69, 9.17) is 21.4 Å². The quantitative estimate of drug-likeness (QED) is 0.166. The molecule has 0 radical (unpaired) electrons. The zero-order chi connectivity index (χ0) is 59.3. The average molecular weight is 1340 g/mol. The first-order chi connectivity index (χ1) is 41.2. The van der Waals surface area contributed by atoms with Crippen molar-refractivity contribution in [2.45, 2.75) is 0 Å². The van der Waals surface area contributed by atoms with Gasteiger partial charge < -0.3 is 0 Å². The predicted octanol–water partition coefficient (Wildman–Crippen LogP) is 12.9. The molecular formula is C61H47N11Pt2. The molecule has 7 heterocycles. The Kier molecular flexibility index (Phi) is 7.37. The van der Waals surface area contributed by atoms with Crippen molar-refractivity contribution in [2.24, 2.45) is 0 Å². The molecule has 1 aromatic heterocycles. The van der Waals surface area contributed by atoms with Gasteiger partial charge in [0.25, 0.3) is 0 Å². The summed E-state index contributed by atoms with van der Waals surface area (Å²) < 4.78 is 110. The Balaban J connectivity index is 0.929. The molecule has 0 unspecified atom stereocenters. The number of pyridine rings is 1. The van der Waals surface area contributed by atoms with E-state index in [9.17, 15) is 0 Å². The number of anilines is 18. The molecule has 6 aliphatic heterocycles. The Morgan fingerprint density at radius 2 is 0.568 bits per heavy atom. The molecule has 0 atom stereocenters. The molecule has 8 aromatic carbocycles. The predicted molar refractivity (Wildman–Crippen MR) is 302 cm³/mol. The molecule has 8 bridgehead atoms. The Bertz CT molecular complexity index is 3930. The van der Waals surface area contributed by atoms with E-state index in [-0.39, 0.29) is 0 Å². The van der Waals surface area contributed by atoms with E-state index < -0.39 is 63.2 Å². The van der Waals surface area contributed by atoms with Crippen LogP contribution in [0.4, 0.5) is 103 Å². The second-order valence-corrected chi connectivity index (χ2v) is 23.1. The molecular weight excluding hydrogens is 1280 g/mol. The Labute approximate surface area is 462 Å². The average Bonchev–Trinajstić information content (AvgIpc) is 1.99. The molecule has 0 amide bonds. The second kappa shape index (κ2) is 16.6. The van der Waals surface area contributed by atoms with Crippen LogP contribution in [0, 0.1) is 0 Å². The van der Waals surface area contributed by atoms with Crippen molar-refractivity contribution in [1.29, 1.82) is 0 Å². The van der Waals surface area contributed by atoms with Gasteiger partial charge in [0, 0.05) is 0 Å². The van der Waals surface area contributed by atoms with E-state index in [0.29, 0.717) is 108 Å². The van der Waals surface area contributed by atoms with Crippen molar-refractivity contribution in [1.82, 2.24) is 4.98 Å². The first kappa shape index (κ1) is 32.8. The zero-order valence-electron chi connectivity index (χ0n) is 50.8. The van der Waals surface area contributed by atoms with Crippen LogP contribution in [0.1, 0.15) is 16.4 Å². The number of hydrogen-bond donors (Lipinski definition) is 0. The van der Waals surface area contributed by atoms with Crippen LogP contribution in [0.2, 0.25) is 0 Å². The van der Waals surface area contributed by atoms with Gasteiger partial charge in [-0.25, -0.2) is 0 Å². The van der Waals surface area contributed by atoms with E-state index in [1.165, 1.54) is 19.6 Å². The Morgan fingerprint density at radius 1 is 0.284 bits per heavy atom. The van der Waals surface area contributed by atoms with Gasteiger partial charge >= 0.3 is 465 Å². The first-order valence-corrected chi connectivity index (χ1v) is 28.2. The first-order valence-electron chi connectivity index (χ1n) is 29.6. The number of nitrogens with zero attached hydrogens (tertiary/aromatic N) is 11. The number of aromatic nitrogens is 1. The van der Waals surface area contributed by atoms with Crippen molar-refractivity contribution in [3.05, 3.63) is 212 Å². The third kappa shape index (κ3) is 6.42. The van der Waals surface area contributed by atoms with Crippen LogP contribution in [0.5, 0.6) is 0 Å². The molecule has 9 aromatic rings. The third-order valence-electron chi connectivity index (χ3n) is 13.7. The fourth-order valence-corrected chi connectivity index (χ4v) is 16.8. The van der Waals surface area contributed by atoms with Gasteiger partial charge in [0.2, 0.25) is 0 Å². The van der Waals surface area contributed by atoms with Crippen LogP contribution < -0.4 is 49.0 Å². The molecule has 0 N–H and O–H groups in total. The van der Waals surface area contributed by atoms with Gasteiger partial charge in [0.15, 0.2) is 0 Å². The van der Waals surface area contributed by atoms with Crippen LogP contribution in [0.3, 0.4) is 0 Å². The standard InChI is InChI=1S/C61H47N11.2Pt/c1-63-40-67(57-29-9-5-25-53(57)63)44-17-13-21-48(35-44)71(49-22-14-18-45(36-49)68-41-64(2)54-26-6-10-30-58(54)68)52-33-34-61(62-39-52)72(50-23-15-19-46(37-50)69-42-65(3)55-27-7-11-31-59(55)69)51-24-16-20-47(38-51)70-43-66(4)56-28-8-12-32-60(56)70;;/h5-39H,1-4H3;;/i1D3,2D3,3D3,4D3;;. The summed E-state index contributed by atoms with van der Waals surface area (Å²) in [5, 5.41) is 0. The normalized spacial score (nSPS) is 19.2. The summed E-state index contributed by atoms with van der Waals surface area (Å²) in [5.74, 6) is 0.522. The molecule has 0 aliphatic carbocycles. The molecule has 74 heavy (non-hydrogen) atoms. The van der Waals surface area contributed by atoms with Crippen molar-refractivity contribution in [2.75, 3.05) is 76.9 Å². The second-order valence-electron chi connectivity index (χ2n) is 17.9. The summed E-state index contributed by atoms with van der Waals surface area (Å²) in [4.78, 5) is 22.8. The van der Waals surface area contributed by atoms with Gasteiger partial charge in [0.1, 0.15) is 0 Å². The molecule has 0 fully saturated rings. The summed E-state index contributed by atoms with van der Waals surface area (Å²) in [7, 11) is 0. The Morgan fingerprint density at radius 3 is 0.851 bits per heavy atom. The molecule has 13 heteroatoms. The molecule has 0 spiro atoms. The van der Waals surface area contributed by atoms with Gasteiger partial charge in [-0.15, -0.1) is 0 Å². The van der Waals surface area contributed by atoms with Crippen LogP contribution in [0.15, 0.2) is 212 Å². The minimum atomic E-state index is -2.65. The van der Waals surface area contributed by atoms with E-state index in [1.54, 1.807) is 30.5 Å². The summed E-state index contributed by atoms with van der Waals surface area (Å²) in [5.41, 5.74) is 10.7. The molecule has 6 aliphatic rings. The van der Waals surface area contributed by atoms with Gasteiger partial charge in [-0.05, 0) is 0 Å². The van der Waals surface area contributed by atoms with Crippen LogP contribution >= 0.6 is 0 Å². The number of rotatable bonds is 2. The minimum absolute atomic E-state index is 0.451. The van der Waals surface area contributed by atoms with Crippen LogP contribution in [-0.4, -0.2) is 49.5 Å². The monoisotopic (exact) mass is 1340 g/mol. The van der Waals surface area contributed by atoms with E-state index in [0.717, 1.165) is 11.4 Å². The molecule has 0 saturated carbocycles. The zero-order valence-corrected chi connectivity index (χ0v) is 43.3. The summed E-state index contributed by atoms with van der Waals surface area (Å²) in [6.45, 7) is -10.6. The fourth-order valence-electron chi connectivity index (χ4n) is 10.5. The van der Waals surface area contributed by atoms with E-state index in [2.05, 4.69) is 4.90 Å². The molecule has 0 saturated heterocycles. The summed E-state index contributed by atoms with van der Waals surface area (Å²) in [6, 6.07) is 64.8. The van der Waals surface area contributed by atoms with Crippen molar-refractivity contribution < 1.29 is 51.7 Å². The van der Waals surface area contributed by atoms with E-state index >= 15 is 0 Å². The summed E-state index contributed by atoms with van der Waals surface area (Å²) in [6.07, 6.45) is 1.80. The van der Waals surface area contributed by atoms with Crippen LogP contribution in [0.25, 0.3) is 0 Å². The number of hydrogen-bond acceptors (Lipinski definition) is 11. The van der Waals surface area contributed by atoms with Gasteiger partial charge in [-0.3, -0.25) is 0 Å². The van der Waals surface area contributed by atoms with Crippen molar-refractivity contribution in [3.63, 3.8) is 0 Å². The summed E-state index contributed by atoms with van der Waals surface area (Å²) >= 11 is -3.30. The molecule has 366 valence electrons. The number of fused-ring (bicyclic) bond motifs is 24. The molecule has 11 nitrogen and oxygen atoms in total. The van der Waals surface area contributed by atoms with Crippen LogP contribution in [-0.2, 0) is 35.3 Å². The maximum atomic E-state index is 9.02. The third-order valence-corrected chi connectivity index (χ3v) is 19.8. The van der Waals surface area contributed by atoms with Crippen molar-refractivity contribution in [3.8, 4) is 0 Å². The Hall–Kier alpha value is -8.23.